The highest BCUT2D eigenvalue weighted by atomic mass is 15.0. The largest absolute Gasteiger partial charge is 0.344 e. The highest BCUT2D eigenvalue weighted by molar-refractivity contribution is 6.27. The van der Waals surface area contributed by atoms with Crippen molar-refractivity contribution in [1.82, 2.24) is 9.13 Å². The van der Waals surface area contributed by atoms with Crippen LogP contribution in [0.1, 0.15) is 0 Å². The topological polar surface area (TPSA) is 9.86 Å². The molecule has 0 atom stereocenters. The van der Waals surface area contributed by atoms with Gasteiger partial charge in [-0.2, -0.15) is 0 Å². The lowest BCUT2D eigenvalue weighted by molar-refractivity contribution is 1.01. The molecule has 0 saturated carbocycles. The smallest absolute Gasteiger partial charge is 0.0619 e. The summed E-state index contributed by atoms with van der Waals surface area (Å²) in [7, 11) is 2.16. The molecule has 2 aromatic heterocycles. The first kappa shape index (κ1) is 16.7. The van der Waals surface area contributed by atoms with Gasteiger partial charge >= 0.3 is 0 Å². The van der Waals surface area contributed by atoms with Crippen molar-refractivity contribution in [2.24, 2.45) is 7.05 Å². The van der Waals surface area contributed by atoms with Gasteiger partial charge < -0.3 is 9.13 Å². The van der Waals surface area contributed by atoms with Gasteiger partial charge in [0.1, 0.15) is 0 Å². The molecule has 7 aromatic rings. The highest BCUT2D eigenvalue weighted by Gasteiger charge is 2.17. The molecule has 0 unspecified atom stereocenters. The van der Waals surface area contributed by atoms with Crippen LogP contribution in [0.15, 0.2) is 103 Å². The van der Waals surface area contributed by atoms with Gasteiger partial charge in [-0.1, -0.05) is 72.8 Å². The number of benzene rings is 5. The predicted octanol–water partition coefficient (Wildman–Crippen LogP) is 7.58. The van der Waals surface area contributed by atoms with Crippen molar-refractivity contribution < 1.29 is 0 Å². The minimum Gasteiger partial charge on any atom is -0.344 e. The van der Waals surface area contributed by atoms with E-state index in [1.165, 1.54) is 60.1 Å². The van der Waals surface area contributed by atoms with Crippen LogP contribution in [0.5, 0.6) is 0 Å². The molecule has 0 radical (unpaired) electrons. The number of nitrogens with zero attached hydrogens (tertiary/aromatic N) is 2. The normalized spacial score (nSPS) is 12.0. The van der Waals surface area contributed by atoms with E-state index in [2.05, 4.69) is 119 Å². The average molecular weight is 396 g/mol. The summed E-state index contributed by atoms with van der Waals surface area (Å²) in [6, 6.07) is 37.3. The lowest BCUT2D eigenvalue weighted by Crippen LogP contribution is -1.94. The van der Waals surface area contributed by atoms with Gasteiger partial charge in [-0.3, -0.25) is 0 Å². The number of aromatic nitrogens is 2. The van der Waals surface area contributed by atoms with Crippen LogP contribution in [0, 0.1) is 0 Å². The lowest BCUT2D eigenvalue weighted by Gasteiger charge is -2.10. The van der Waals surface area contributed by atoms with Crippen LogP contribution in [0.2, 0.25) is 0 Å². The number of para-hydroxylation sites is 3. The molecule has 0 spiro atoms. The second-order valence-electron chi connectivity index (χ2n) is 8.28. The predicted molar refractivity (Wildman–Crippen MR) is 132 cm³/mol. The summed E-state index contributed by atoms with van der Waals surface area (Å²) in [5, 5.41) is 7.84. The Kier molecular flexibility index (Phi) is 3.23. The first-order chi connectivity index (χ1) is 15.3. The molecule has 0 bridgehead atoms. The SMILES string of the molecule is Cn1c2ccccc2c2c3ccc4c5ccccc5n(-c5ccccc5)c4c3ccc21. The first-order valence-electron chi connectivity index (χ1n) is 10.7. The Labute approximate surface area is 179 Å². The Hall–Kier alpha value is -4.04. The van der Waals surface area contributed by atoms with Crippen molar-refractivity contribution in [3.05, 3.63) is 103 Å². The van der Waals surface area contributed by atoms with E-state index in [0.717, 1.165) is 0 Å². The number of fused-ring (bicyclic) bond motifs is 9. The standard InChI is InChI=1S/C29H20N2/c1-30-25-13-7-6-12-24(25)28-21-15-16-22-20-11-5-8-14-26(20)31(19-9-3-2-4-10-19)29(22)23(21)17-18-27(28)30/h2-18H,1H3. The fraction of sp³-hybridized carbons (Fsp3) is 0.0345. The van der Waals surface area contributed by atoms with Gasteiger partial charge in [-0.15, -0.1) is 0 Å². The van der Waals surface area contributed by atoms with Crippen LogP contribution in [0.3, 0.4) is 0 Å². The van der Waals surface area contributed by atoms with E-state index in [1.54, 1.807) is 0 Å². The van der Waals surface area contributed by atoms with E-state index in [4.69, 9.17) is 0 Å². The molecule has 5 aromatic carbocycles. The summed E-state index contributed by atoms with van der Waals surface area (Å²) < 4.78 is 4.73. The van der Waals surface area contributed by atoms with E-state index < -0.39 is 0 Å². The van der Waals surface area contributed by atoms with Crippen molar-refractivity contribution in [3.63, 3.8) is 0 Å². The van der Waals surface area contributed by atoms with Crippen molar-refractivity contribution in [2.75, 3.05) is 0 Å². The molecule has 0 amide bonds. The zero-order chi connectivity index (χ0) is 20.5. The highest BCUT2D eigenvalue weighted by Crippen LogP contribution is 2.40. The van der Waals surface area contributed by atoms with Crippen molar-refractivity contribution >= 4 is 54.4 Å². The van der Waals surface area contributed by atoms with Gasteiger partial charge in [-0.25, -0.2) is 0 Å². The van der Waals surface area contributed by atoms with Gasteiger partial charge in [0, 0.05) is 50.7 Å². The molecule has 7 rings (SSSR count). The quantitative estimate of drug-likeness (QED) is 0.271. The van der Waals surface area contributed by atoms with Crippen LogP contribution >= 0.6 is 0 Å². The van der Waals surface area contributed by atoms with Crippen molar-refractivity contribution in [1.29, 1.82) is 0 Å². The number of hydrogen-bond acceptors (Lipinski definition) is 0. The molecular weight excluding hydrogens is 376 g/mol. The summed E-state index contributed by atoms with van der Waals surface area (Å²) in [4.78, 5) is 0. The second-order valence-corrected chi connectivity index (χ2v) is 8.28. The van der Waals surface area contributed by atoms with E-state index in [0.29, 0.717) is 0 Å². The third-order valence-electron chi connectivity index (χ3n) is 6.72. The molecule has 2 nitrogen and oxygen atoms in total. The second kappa shape index (κ2) is 5.99. The Morgan fingerprint density at radius 3 is 1.90 bits per heavy atom. The maximum absolute atomic E-state index is 2.42. The van der Waals surface area contributed by atoms with E-state index in [1.807, 2.05) is 0 Å². The summed E-state index contributed by atoms with van der Waals surface area (Å²) in [5.41, 5.74) is 6.26. The lowest BCUT2D eigenvalue weighted by atomic mass is 10.0. The maximum atomic E-state index is 2.42. The molecule has 0 aliphatic carbocycles. The van der Waals surface area contributed by atoms with Gasteiger partial charge in [0.15, 0.2) is 0 Å². The Bertz CT molecular complexity index is 1780. The van der Waals surface area contributed by atoms with Gasteiger partial charge in [-0.05, 0) is 35.7 Å². The molecule has 146 valence electrons. The van der Waals surface area contributed by atoms with Crippen molar-refractivity contribution in [2.45, 2.75) is 0 Å². The third-order valence-corrected chi connectivity index (χ3v) is 6.72. The molecule has 0 saturated heterocycles. The molecule has 2 heteroatoms. The van der Waals surface area contributed by atoms with Crippen LogP contribution in [-0.4, -0.2) is 9.13 Å². The van der Waals surface area contributed by atoms with Crippen LogP contribution < -0.4 is 0 Å². The minimum atomic E-state index is 1.19. The van der Waals surface area contributed by atoms with Gasteiger partial charge in [0.05, 0.1) is 11.0 Å². The number of hydrogen-bond donors (Lipinski definition) is 0. The number of aryl methyl sites for hydroxylation is 1. The maximum Gasteiger partial charge on any atom is 0.0619 e. The van der Waals surface area contributed by atoms with Gasteiger partial charge in [0.2, 0.25) is 0 Å². The van der Waals surface area contributed by atoms with Crippen LogP contribution in [0.4, 0.5) is 0 Å². The minimum absolute atomic E-state index is 1.19. The summed E-state index contributed by atoms with van der Waals surface area (Å²) >= 11 is 0. The molecule has 0 aliphatic heterocycles. The fourth-order valence-corrected chi connectivity index (χ4v) is 5.37. The van der Waals surface area contributed by atoms with E-state index >= 15 is 0 Å². The monoisotopic (exact) mass is 396 g/mol. The summed E-state index contributed by atoms with van der Waals surface area (Å²) in [5.74, 6) is 0. The molecule has 0 aliphatic rings. The molecular formula is C29H20N2. The molecule has 0 fully saturated rings. The summed E-state index contributed by atoms with van der Waals surface area (Å²) in [6.07, 6.45) is 0. The van der Waals surface area contributed by atoms with Crippen molar-refractivity contribution in [3.8, 4) is 5.69 Å². The molecule has 31 heavy (non-hydrogen) atoms. The molecule has 2 heterocycles. The van der Waals surface area contributed by atoms with Crippen LogP contribution in [0.25, 0.3) is 60.1 Å². The van der Waals surface area contributed by atoms with E-state index in [9.17, 15) is 0 Å². The molecule has 0 N–H and O–H groups in total. The van der Waals surface area contributed by atoms with Crippen LogP contribution in [-0.2, 0) is 7.05 Å². The van der Waals surface area contributed by atoms with E-state index in [-0.39, 0.29) is 0 Å². The Morgan fingerprint density at radius 2 is 1.06 bits per heavy atom. The van der Waals surface area contributed by atoms with Gasteiger partial charge in [0.25, 0.3) is 0 Å². The zero-order valence-electron chi connectivity index (χ0n) is 17.2. The summed E-state index contributed by atoms with van der Waals surface area (Å²) in [6.45, 7) is 0. The Morgan fingerprint density at radius 1 is 0.452 bits per heavy atom. The average Bonchev–Trinajstić information content (AvgIpc) is 3.33. The first-order valence-corrected chi connectivity index (χ1v) is 10.7. The Balaban J connectivity index is 1.77. The third kappa shape index (κ3) is 2.11. The zero-order valence-corrected chi connectivity index (χ0v) is 17.2. The number of rotatable bonds is 1. The fourth-order valence-electron chi connectivity index (χ4n) is 5.37.